The Labute approximate surface area is 114 Å². The maximum absolute atomic E-state index is 12.0. The summed E-state index contributed by atoms with van der Waals surface area (Å²) in [6.07, 6.45) is -0.737. The number of aliphatic hydroxyl groups is 1. The molecule has 19 heavy (non-hydrogen) atoms. The van der Waals surface area contributed by atoms with Crippen molar-refractivity contribution in [2.75, 3.05) is 0 Å². The highest BCUT2D eigenvalue weighted by atomic mass is 16.3. The molecule has 0 aromatic heterocycles. The number of hydrogen-bond acceptors (Lipinski definition) is 2. The Kier molecular flexibility index (Phi) is 4.01. The van der Waals surface area contributed by atoms with Crippen molar-refractivity contribution in [1.29, 1.82) is 0 Å². The quantitative estimate of drug-likeness (QED) is 0.905. The molecule has 0 heterocycles. The van der Waals surface area contributed by atoms with E-state index in [9.17, 15) is 9.90 Å². The maximum atomic E-state index is 12.0. The number of rotatable bonds is 4. The molecule has 0 aliphatic heterocycles. The van der Waals surface area contributed by atoms with E-state index in [0.29, 0.717) is 0 Å². The molecule has 0 bridgehead atoms. The molecule has 0 fully saturated rings. The zero-order valence-corrected chi connectivity index (χ0v) is 11.6. The molecule has 2 aromatic rings. The van der Waals surface area contributed by atoms with Gasteiger partial charge in [0.1, 0.15) is 5.78 Å². The van der Waals surface area contributed by atoms with Crippen LogP contribution in [0.3, 0.4) is 0 Å². The first kappa shape index (κ1) is 13.8. The zero-order valence-electron chi connectivity index (χ0n) is 11.6. The van der Waals surface area contributed by atoms with Gasteiger partial charge in [0.2, 0.25) is 0 Å². The average molecular weight is 256 g/mol. The van der Waals surface area contributed by atoms with E-state index >= 15 is 0 Å². The number of aliphatic hydroxyl groups excluding tert-OH is 1. The Hall–Kier alpha value is -1.67. The first-order valence-corrected chi connectivity index (χ1v) is 6.71. The molecular formula is C17H20O2. The van der Waals surface area contributed by atoms with Gasteiger partial charge in [-0.05, 0) is 22.4 Å². The van der Waals surface area contributed by atoms with Crippen LogP contribution in [0, 0.1) is 11.8 Å². The molecule has 0 saturated heterocycles. The maximum Gasteiger partial charge on any atom is 0.141 e. The lowest BCUT2D eigenvalue weighted by atomic mass is 9.88. The SMILES string of the molecule is CC(C)C(=O)[C@H](C)[C@@H](O)c1ccc2ccccc2c1. The van der Waals surface area contributed by atoms with Crippen molar-refractivity contribution in [3.05, 3.63) is 48.0 Å². The Balaban J connectivity index is 2.31. The van der Waals surface area contributed by atoms with Crippen LogP contribution < -0.4 is 0 Å². The van der Waals surface area contributed by atoms with Crippen LogP contribution in [0.2, 0.25) is 0 Å². The lowest BCUT2D eigenvalue weighted by Crippen LogP contribution is -2.23. The Morgan fingerprint density at radius 1 is 1.00 bits per heavy atom. The number of Topliss-reactive ketones (excluding diaryl/α,β-unsaturated/α-hetero) is 1. The van der Waals surface area contributed by atoms with Gasteiger partial charge in [-0.3, -0.25) is 4.79 Å². The van der Waals surface area contributed by atoms with Crippen LogP contribution in [0.15, 0.2) is 42.5 Å². The van der Waals surface area contributed by atoms with Gasteiger partial charge in [0.15, 0.2) is 0 Å². The van der Waals surface area contributed by atoms with Crippen molar-refractivity contribution in [3.8, 4) is 0 Å². The van der Waals surface area contributed by atoms with Crippen LogP contribution in [-0.2, 0) is 4.79 Å². The second-order valence-corrected chi connectivity index (χ2v) is 5.40. The minimum atomic E-state index is -0.737. The van der Waals surface area contributed by atoms with Crippen molar-refractivity contribution in [2.45, 2.75) is 26.9 Å². The summed E-state index contributed by atoms with van der Waals surface area (Å²) in [5.74, 6) is -0.327. The summed E-state index contributed by atoms with van der Waals surface area (Å²) < 4.78 is 0. The van der Waals surface area contributed by atoms with Crippen LogP contribution in [0.4, 0.5) is 0 Å². The van der Waals surface area contributed by atoms with Crippen LogP contribution in [-0.4, -0.2) is 10.9 Å². The summed E-state index contributed by atoms with van der Waals surface area (Å²) in [5.41, 5.74) is 0.806. The first-order valence-electron chi connectivity index (χ1n) is 6.71. The summed E-state index contributed by atoms with van der Waals surface area (Å²) in [5, 5.41) is 12.6. The van der Waals surface area contributed by atoms with Gasteiger partial charge in [-0.2, -0.15) is 0 Å². The van der Waals surface area contributed by atoms with Gasteiger partial charge in [0, 0.05) is 11.8 Å². The largest absolute Gasteiger partial charge is 0.388 e. The molecular weight excluding hydrogens is 236 g/mol. The normalized spacial score (nSPS) is 14.6. The van der Waals surface area contributed by atoms with E-state index in [-0.39, 0.29) is 17.6 Å². The van der Waals surface area contributed by atoms with Crippen molar-refractivity contribution < 1.29 is 9.90 Å². The second-order valence-electron chi connectivity index (χ2n) is 5.40. The number of benzene rings is 2. The van der Waals surface area contributed by atoms with Gasteiger partial charge in [-0.15, -0.1) is 0 Å². The minimum Gasteiger partial charge on any atom is -0.388 e. The van der Waals surface area contributed by atoms with Gasteiger partial charge in [-0.1, -0.05) is 57.2 Å². The fourth-order valence-corrected chi connectivity index (χ4v) is 2.36. The average Bonchev–Trinajstić information content (AvgIpc) is 2.44. The molecule has 2 nitrogen and oxygen atoms in total. The third-order valence-corrected chi connectivity index (χ3v) is 3.61. The summed E-state index contributed by atoms with van der Waals surface area (Å²) in [6, 6.07) is 13.9. The Morgan fingerprint density at radius 2 is 1.63 bits per heavy atom. The van der Waals surface area contributed by atoms with Crippen LogP contribution in [0.5, 0.6) is 0 Å². The summed E-state index contributed by atoms with van der Waals surface area (Å²) >= 11 is 0. The molecule has 0 spiro atoms. The van der Waals surface area contributed by atoms with Gasteiger partial charge < -0.3 is 5.11 Å². The van der Waals surface area contributed by atoms with Crippen molar-refractivity contribution >= 4 is 16.6 Å². The third-order valence-electron chi connectivity index (χ3n) is 3.61. The topological polar surface area (TPSA) is 37.3 Å². The third kappa shape index (κ3) is 2.85. The monoisotopic (exact) mass is 256 g/mol. The number of fused-ring (bicyclic) bond motifs is 1. The van der Waals surface area contributed by atoms with Crippen LogP contribution in [0.1, 0.15) is 32.4 Å². The predicted molar refractivity (Wildman–Crippen MR) is 77.9 cm³/mol. The smallest absolute Gasteiger partial charge is 0.141 e. The Bertz CT molecular complexity index is 587. The highest BCUT2D eigenvalue weighted by Gasteiger charge is 2.25. The molecule has 0 aliphatic rings. The molecule has 0 radical (unpaired) electrons. The van der Waals surface area contributed by atoms with Gasteiger partial charge in [-0.25, -0.2) is 0 Å². The van der Waals surface area contributed by atoms with E-state index in [4.69, 9.17) is 0 Å². The molecule has 2 heteroatoms. The number of carbonyl (C=O) groups is 1. The molecule has 2 rings (SSSR count). The zero-order chi connectivity index (χ0) is 14.0. The van der Waals surface area contributed by atoms with Crippen molar-refractivity contribution in [2.24, 2.45) is 11.8 Å². The van der Waals surface area contributed by atoms with E-state index in [1.807, 2.05) is 56.3 Å². The highest BCUT2D eigenvalue weighted by molar-refractivity contribution is 5.85. The molecule has 0 saturated carbocycles. The minimum absolute atomic E-state index is 0.0508. The van der Waals surface area contributed by atoms with Crippen molar-refractivity contribution in [3.63, 3.8) is 0 Å². The van der Waals surface area contributed by atoms with E-state index in [0.717, 1.165) is 16.3 Å². The fourth-order valence-electron chi connectivity index (χ4n) is 2.36. The summed E-state index contributed by atoms with van der Waals surface area (Å²) in [4.78, 5) is 12.0. The summed E-state index contributed by atoms with van der Waals surface area (Å²) in [6.45, 7) is 5.53. The van der Waals surface area contributed by atoms with E-state index in [1.54, 1.807) is 6.92 Å². The molecule has 100 valence electrons. The highest BCUT2D eigenvalue weighted by Crippen LogP contribution is 2.27. The van der Waals surface area contributed by atoms with Gasteiger partial charge >= 0.3 is 0 Å². The van der Waals surface area contributed by atoms with Crippen LogP contribution in [0.25, 0.3) is 10.8 Å². The van der Waals surface area contributed by atoms with E-state index in [1.165, 1.54) is 0 Å². The van der Waals surface area contributed by atoms with Crippen molar-refractivity contribution in [1.82, 2.24) is 0 Å². The number of ketones is 1. The standard InChI is InChI=1S/C17H20O2/c1-11(2)16(18)12(3)17(19)15-9-8-13-6-4-5-7-14(13)10-15/h4-12,17,19H,1-3H3/t12-,17+/m0/s1. The lowest BCUT2D eigenvalue weighted by Gasteiger charge is -2.20. The van der Waals surface area contributed by atoms with E-state index in [2.05, 4.69) is 0 Å². The van der Waals surface area contributed by atoms with Gasteiger partial charge in [0.05, 0.1) is 6.10 Å². The predicted octanol–water partition coefficient (Wildman–Crippen LogP) is 3.73. The summed E-state index contributed by atoms with van der Waals surface area (Å²) in [7, 11) is 0. The first-order chi connectivity index (χ1) is 9.00. The molecule has 0 unspecified atom stereocenters. The second kappa shape index (κ2) is 5.54. The number of carbonyl (C=O) groups excluding carboxylic acids is 1. The van der Waals surface area contributed by atoms with E-state index < -0.39 is 6.10 Å². The number of hydrogen-bond donors (Lipinski definition) is 1. The molecule has 0 aliphatic carbocycles. The fraction of sp³-hybridized carbons (Fsp3) is 0.353. The lowest BCUT2D eigenvalue weighted by molar-refractivity contribution is -0.128. The van der Waals surface area contributed by atoms with Crippen LogP contribution >= 0.6 is 0 Å². The molecule has 0 amide bonds. The molecule has 2 atom stereocenters. The Morgan fingerprint density at radius 3 is 2.26 bits per heavy atom. The van der Waals surface area contributed by atoms with Gasteiger partial charge in [0.25, 0.3) is 0 Å². The molecule has 2 aromatic carbocycles. The molecule has 1 N–H and O–H groups in total.